The van der Waals surface area contributed by atoms with E-state index >= 15 is 0 Å². The van der Waals surface area contributed by atoms with Crippen LogP contribution in [0, 0.1) is 0 Å². The first-order valence-corrected chi connectivity index (χ1v) is 9.20. The van der Waals surface area contributed by atoms with E-state index in [2.05, 4.69) is 15.7 Å². The van der Waals surface area contributed by atoms with Gasteiger partial charge < -0.3 is 15.1 Å². The average Bonchev–Trinajstić information content (AvgIpc) is 3.34. The summed E-state index contributed by atoms with van der Waals surface area (Å²) in [6.07, 6.45) is 3.84. The molecule has 2 aromatic carbocycles. The Balaban J connectivity index is 1.32. The predicted octanol–water partition coefficient (Wildman–Crippen LogP) is 3.28. The second-order valence-corrected chi connectivity index (χ2v) is 6.78. The quantitative estimate of drug-likeness (QED) is 0.530. The molecule has 0 fully saturated rings. The summed E-state index contributed by atoms with van der Waals surface area (Å²) in [5, 5.41) is 10.6. The van der Waals surface area contributed by atoms with E-state index in [1.54, 1.807) is 29.1 Å². The van der Waals surface area contributed by atoms with Crippen molar-refractivity contribution in [3.63, 3.8) is 0 Å². The van der Waals surface area contributed by atoms with E-state index in [1.807, 2.05) is 49.6 Å². The third kappa shape index (κ3) is 4.52. The monoisotopic (exact) mass is 388 g/mol. The van der Waals surface area contributed by atoms with Crippen molar-refractivity contribution in [2.75, 3.05) is 5.32 Å². The molecule has 4 aromatic rings. The van der Waals surface area contributed by atoms with E-state index in [0.29, 0.717) is 17.8 Å². The third-order valence-corrected chi connectivity index (χ3v) is 4.47. The molecule has 0 unspecified atom stereocenters. The predicted molar refractivity (Wildman–Crippen MR) is 109 cm³/mol. The highest BCUT2D eigenvalue weighted by molar-refractivity contribution is 6.04. The molecule has 0 saturated heterocycles. The van der Waals surface area contributed by atoms with Crippen molar-refractivity contribution in [1.29, 1.82) is 0 Å². The fourth-order valence-electron chi connectivity index (χ4n) is 3.00. The lowest BCUT2D eigenvalue weighted by molar-refractivity contribution is -0.120. The van der Waals surface area contributed by atoms with E-state index < -0.39 is 0 Å². The lowest BCUT2D eigenvalue weighted by atomic mass is 10.1. The van der Waals surface area contributed by atoms with E-state index in [4.69, 9.17) is 4.42 Å². The molecule has 2 heterocycles. The van der Waals surface area contributed by atoms with Crippen molar-refractivity contribution >= 4 is 28.5 Å². The molecule has 0 atom stereocenters. The van der Waals surface area contributed by atoms with Crippen molar-refractivity contribution in [3.8, 4) is 0 Å². The molecule has 0 aliphatic rings. The summed E-state index contributed by atoms with van der Waals surface area (Å²) >= 11 is 0. The van der Waals surface area contributed by atoms with Crippen LogP contribution in [0.4, 0.5) is 5.69 Å². The molecule has 0 spiro atoms. The van der Waals surface area contributed by atoms with Crippen LogP contribution in [-0.4, -0.2) is 21.6 Å². The molecule has 0 aliphatic heterocycles. The number of rotatable bonds is 6. The van der Waals surface area contributed by atoms with E-state index in [9.17, 15) is 9.59 Å². The van der Waals surface area contributed by atoms with Crippen LogP contribution in [0.25, 0.3) is 11.0 Å². The van der Waals surface area contributed by atoms with Crippen molar-refractivity contribution in [1.82, 2.24) is 15.1 Å². The van der Waals surface area contributed by atoms with E-state index in [-0.39, 0.29) is 24.0 Å². The highest BCUT2D eigenvalue weighted by Gasteiger charge is 2.12. The van der Waals surface area contributed by atoms with Gasteiger partial charge in [0.05, 0.1) is 12.6 Å². The number of carbonyl (C=O) groups excluding carboxylic acids is 2. The molecule has 146 valence electrons. The molecule has 2 N–H and O–H groups in total. The highest BCUT2D eigenvalue weighted by Crippen LogP contribution is 2.20. The Morgan fingerprint density at radius 3 is 2.59 bits per heavy atom. The Morgan fingerprint density at radius 1 is 1.07 bits per heavy atom. The molecule has 0 aliphatic carbocycles. The first-order chi connectivity index (χ1) is 14.1. The fraction of sp³-hybridized carbons (Fsp3) is 0.136. The van der Waals surface area contributed by atoms with E-state index in [0.717, 1.165) is 16.5 Å². The van der Waals surface area contributed by atoms with Crippen molar-refractivity contribution in [2.45, 2.75) is 13.0 Å². The number of nitrogens with one attached hydrogen (secondary N) is 2. The summed E-state index contributed by atoms with van der Waals surface area (Å²) in [4.78, 5) is 24.5. The van der Waals surface area contributed by atoms with Gasteiger partial charge >= 0.3 is 0 Å². The topological polar surface area (TPSA) is 89.2 Å². The Morgan fingerprint density at radius 2 is 1.86 bits per heavy atom. The van der Waals surface area contributed by atoms with Crippen molar-refractivity contribution in [3.05, 3.63) is 83.9 Å². The number of benzene rings is 2. The minimum absolute atomic E-state index is 0.0760. The van der Waals surface area contributed by atoms with Crippen molar-refractivity contribution in [2.24, 2.45) is 7.05 Å². The summed E-state index contributed by atoms with van der Waals surface area (Å²) in [5.41, 5.74) is 3.11. The summed E-state index contributed by atoms with van der Waals surface area (Å²) in [5.74, 6) is -0.138. The van der Waals surface area contributed by atoms with Gasteiger partial charge in [0.2, 0.25) is 5.91 Å². The number of aromatic nitrogens is 2. The maximum Gasteiger partial charge on any atom is 0.291 e. The summed E-state index contributed by atoms with van der Waals surface area (Å²) in [6.45, 7) is 0.443. The number of amides is 2. The van der Waals surface area contributed by atoms with Gasteiger partial charge in [0.1, 0.15) is 5.58 Å². The molecule has 0 bridgehead atoms. The Hall–Kier alpha value is -3.87. The van der Waals surface area contributed by atoms with Crippen LogP contribution >= 0.6 is 0 Å². The van der Waals surface area contributed by atoms with Gasteiger partial charge in [-0.3, -0.25) is 14.3 Å². The number of fused-ring (bicyclic) bond motifs is 1. The minimum Gasteiger partial charge on any atom is -0.451 e. The molecular formula is C22H20N4O3. The minimum atomic E-state index is -0.317. The number of anilines is 1. The average molecular weight is 388 g/mol. The Kier molecular flexibility index (Phi) is 5.11. The Bertz CT molecular complexity index is 1130. The number of para-hydroxylation sites is 1. The number of hydrogen-bond acceptors (Lipinski definition) is 4. The van der Waals surface area contributed by atoms with Crippen LogP contribution in [-0.2, 0) is 24.8 Å². The fourth-order valence-corrected chi connectivity index (χ4v) is 3.00. The lowest BCUT2D eigenvalue weighted by Gasteiger charge is -2.06. The van der Waals surface area contributed by atoms with E-state index in [1.165, 1.54) is 0 Å². The maximum absolute atomic E-state index is 12.4. The van der Waals surface area contributed by atoms with Gasteiger partial charge in [0.15, 0.2) is 5.76 Å². The smallest absolute Gasteiger partial charge is 0.291 e. The van der Waals surface area contributed by atoms with Crippen molar-refractivity contribution < 1.29 is 14.0 Å². The molecule has 7 heteroatoms. The molecular weight excluding hydrogens is 368 g/mol. The zero-order valence-electron chi connectivity index (χ0n) is 15.9. The normalized spacial score (nSPS) is 10.8. The van der Waals surface area contributed by atoms with Crippen LogP contribution in [0.3, 0.4) is 0 Å². The standard InChI is InChI=1S/C22H20N4O3/c1-26-14-16(13-24-26)12-23-21(27)10-15-6-8-18(9-7-15)25-22(28)20-11-17-4-2-3-5-19(17)29-20/h2-9,11,13-14H,10,12H2,1H3,(H,23,27)(H,25,28). The van der Waals surface area contributed by atoms with Crippen LogP contribution in [0.2, 0.25) is 0 Å². The van der Waals surface area contributed by atoms with Gasteiger partial charge in [0.25, 0.3) is 5.91 Å². The summed E-state index contributed by atoms with van der Waals surface area (Å²) < 4.78 is 7.27. The van der Waals surface area contributed by atoms with Crippen LogP contribution in [0.15, 0.2) is 71.4 Å². The number of nitrogens with zero attached hydrogens (tertiary/aromatic N) is 2. The number of furan rings is 1. The summed E-state index contributed by atoms with van der Waals surface area (Å²) in [6, 6.07) is 16.4. The highest BCUT2D eigenvalue weighted by atomic mass is 16.3. The Labute approximate surface area is 167 Å². The zero-order chi connectivity index (χ0) is 20.2. The molecule has 2 aromatic heterocycles. The number of carbonyl (C=O) groups is 2. The van der Waals surface area contributed by atoms with Crippen LogP contribution in [0.1, 0.15) is 21.7 Å². The van der Waals surface area contributed by atoms with Gasteiger partial charge in [-0.1, -0.05) is 30.3 Å². The largest absolute Gasteiger partial charge is 0.451 e. The molecule has 0 saturated carbocycles. The van der Waals surface area contributed by atoms with Crippen LogP contribution in [0.5, 0.6) is 0 Å². The van der Waals surface area contributed by atoms with Gasteiger partial charge in [-0.15, -0.1) is 0 Å². The van der Waals surface area contributed by atoms with Crippen LogP contribution < -0.4 is 10.6 Å². The molecule has 7 nitrogen and oxygen atoms in total. The molecule has 2 amide bonds. The second-order valence-electron chi connectivity index (χ2n) is 6.78. The van der Waals surface area contributed by atoms with Gasteiger partial charge in [-0.25, -0.2) is 0 Å². The van der Waals surface area contributed by atoms with Gasteiger partial charge in [-0.05, 0) is 29.8 Å². The second kappa shape index (κ2) is 8.02. The number of aryl methyl sites for hydroxylation is 1. The zero-order valence-corrected chi connectivity index (χ0v) is 15.9. The first-order valence-electron chi connectivity index (χ1n) is 9.20. The summed E-state index contributed by atoms with van der Waals surface area (Å²) in [7, 11) is 1.83. The maximum atomic E-state index is 12.4. The molecule has 4 rings (SSSR count). The third-order valence-electron chi connectivity index (χ3n) is 4.47. The number of hydrogen-bond donors (Lipinski definition) is 2. The molecule has 0 radical (unpaired) electrons. The van der Waals surface area contributed by atoms with Gasteiger partial charge in [-0.2, -0.15) is 5.10 Å². The first kappa shape index (κ1) is 18.5. The lowest BCUT2D eigenvalue weighted by Crippen LogP contribution is -2.24. The SMILES string of the molecule is Cn1cc(CNC(=O)Cc2ccc(NC(=O)c3cc4ccccc4o3)cc2)cn1. The molecule has 29 heavy (non-hydrogen) atoms. The van der Waals surface area contributed by atoms with Gasteiger partial charge in [0, 0.05) is 36.4 Å².